The van der Waals surface area contributed by atoms with E-state index in [-0.39, 0.29) is 0 Å². The fraction of sp³-hybridized carbons (Fsp3) is 0.500. The Kier molecular flexibility index (Phi) is 2.83. The van der Waals surface area contributed by atoms with Crippen LogP contribution in [0.1, 0.15) is 18.9 Å². The summed E-state index contributed by atoms with van der Waals surface area (Å²) in [5.41, 5.74) is 2.38. The van der Waals surface area contributed by atoms with Gasteiger partial charge in [0.05, 0.1) is 17.1 Å². The molecule has 0 radical (unpaired) electrons. The Labute approximate surface area is 125 Å². The Morgan fingerprint density at radius 1 is 1.26 bits per heavy atom. The molecule has 1 N–H and O–H groups in total. The lowest BCUT2D eigenvalue weighted by Gasteiger charge is -2.45. The van der Waals surface area contributed by atoms with Crippen LogP contribution in [0.5, 0.6) is 0 Å². The van der Waals surface area contributed by atoms with Crippen molar-refractivity contribution in [1.82, 2.24) is 14.5 Å². The first kappa shape index (κ1) is 12.1. The molecule has 2 bridgehead atoms. The van der Waals surface area contributed by atoms with Crippen LogP contribution < -0.4 is 0 Å². The average molecular weight is 338 g/mol. The summed E-state index contributed by atoms with van der Waals surface area (Å²) in [7, 11) is 0. The number of hydrogen-bond acceptors (Lipinski definition) is 2. The molecule has 1 unspecified atom stereocenters. The van der Waals surface area contributed by atoms with E-state index >= 15 is 0 Å². The Morgan fingerprint density at radius 3 is 2.74 bits per heavy atom. The molecule has 19 heavy (non-hydrogen) atoms. The number of nitrogens with one attached hydrogen (secondary N) is 1. The normalized spacial score (nSPS) is 30.1. The van der Waals surface area contributed by atoms with Crippen molar-refractivity contribution in [3.8, 4) is 0 Å². The van der Waals surface area contributed by atoms with Gasteiger partial charge in [0.25, 0.3) is 0 Å². The monoisotopic (exact) mass is 337 g/mol. The average Bonchev–Trinajstić information content (AvgIpc) is 2.75. The molecule has 3 aliphatic heterocycles. The van der Waals surface area contributed by atoms with Crippen LogP contribution in [0.3, 0.4) is 0 Å². The molecule has 3 nitrogen and oxygen atoms in total. The third kappa shape index (κ3) is 1.90. The van der Waals surface area contributed by atoms with Crippen molar-refractivity contribution in [3.63, 3.8) is 0 Å². The van der Waals surface area contributed by atoms with Crippen molar-refractivity contribution in [3.05, 3.63) is 27.4 Å². The third-order valence-corrected chi connectivity index (χ3v) is 5.43. The van der Waals surface area contributed by atoms with Crippen LogP contribution in [0.15, 0.2) is 22.7 Å². The second-order valence-corrected chi connectivity index (χ2v) is 6.97. The predicted molar refractivity (Wildman–Crippen MR) is 83.0 cm³/mol. The minimum absolute atomic E-state index is 0.540. The zero-order chi connectivity index (χ0) is 13.0. The summed E-state index contributed by atoms with van der Waals surface area (Å²) in [5.74, 6) is 0.787. The predicted octanol–water partition coefficient (Wildman–Crippen LogP) is 3.73. The lowest BCUT2D eigenvalue weighted by molar-refractivity contribution is 0.0582. The highest BCUT2D eigenvalue weighted by atomic mass is 79.9. The van der Waals surface area contributed by atoms with E-state index in [4.69, 9.17) is 12.2 Å². The van der Waals surface area contributed by atoms with E-state index in [9.17, 15) is 0 Å². The molecule has 0 spiro atoms. The number of H-pyrrole nitrogens is 1. The minimum Gasteiger partial charge on any atom is -0.331 e. The van der Waals surface area contributed by atoms with Gasteiger partial charge in [0, 0.05) is 11.0 Å². The molecule has 5 rings (SSSR count). The van der Waals surface area contributed by atoms with Crippen LogP contribution in [0.25, 0.3) is 11.0 Å². The molecule has 0 aliphatic carbocycles. The van der Waals surface area contributed by atoms with E-state index in [1.807, 2.05) is 0 Å². The van der Waals surface area contributed by atoms with E-state index in [0.29, 0.717) is 6.04 Å². The maximum Gasteiger partial charge on any atom is 0.178 e. The number of piperidine rings is 3. The molecule has 1 aromatic heterocycles. The van der Waals surface area contributed by atoms with Gasteiger partial charge >= 0.3 is 0 Å². The molecule has 5 heteroatoms. The quantitative estimate of drug-likeness (QED) is 0.801. The van der Waals surface area contributed by atoms with Gasteiger partial charge in [-0.15, -0.1) is 0 Å². The van der Waals surface area contributed by atoms with Gasteiger partial charge < -0.3 is 14.5 Å². The molecule has 0 amide bonds. The van der Waals surface area contributed by atoms with Gasteiger partial charge in [-0.05, 0) is 62.3 Å². The number of aromatic amines is 1. The highest BCUT2D eigenvalue weighted by molar-refractivity contribution is 9.10. The van der Waals surface area contributed by atoms with Crippen molar-refractivity contribution < 1.29 is 0 Å². The van der Waals surface area contributed by atoms with Crippen molar-refractivity contribution in [2.24, 2.45) is 5.92 Å². The Hall–Kier alpha value is -0.650. The van der Waals surface area contributed by atoms with Crippen LogP contribution >= 0.6 is 28.1 Å². The molecule has 4 heterocycles. The Morgan fingerprint density at radius 2 is 2.05 bits per heavy atom. The number of aromatic nitrogens is 2. The maximum absolute atomic E-state index is 5.57. The highest BCUT2D eigenvalue weighted by Gasteiger charge is 2.36. The summed E-state index contributed by atoms with van der Waals surface area (Å²) in [5, 5.41) is 0. The van der Waals surface area contributed by atoms with Gasteiger partial charge in [0.15, 0.2) is 4.77 Å². The van der Waals surface area contributed by atoms with Gasteiger partial charge in [-0.2, -0.15) is 0 Å². The van der Waals surface area contributed by atoms with Crippen LogP contribution in [-0.4, -0.2) is 34.1 Å². The molecule has 3 saturated heterocycles. The van der Waals surface area contributed by atoms with Crippen LogP contribution in [0.2, 0.25) is 0 Å². The number of benzene rings is 1. The Balaban J connectivity index is 1.88. The number of nitrogens with zero attached hydrogens (tertiary/aromatic N) is 2. The number of imidazole rings is 1. The lowest BCUT2D eigenvalue weighted by Crippen LogP contribution is -2.48. The second kappa shape index (κ2) is 4.43. The van der Waals surface area contributed by atoms with E-state index in [2.05, 4.69) is 48.6 Å². The molecule has 1 aromatic carbocycles. The van der Waals surface area contributed by atoms with Crippen molar-refractivity contribution >= 4 is 39.2 Å². The summed E-state index contributed by atoms with van der Waals surface area (Å²) in [6, 6.07) is 6.89. The molecule has 0 saturated carbocycles. The highest BCUT2D eigenvalue weighted by Crippen LogP contribution is 2.37. The summed E-state index contributed by atoms with van der Waals surface area (Å²) in [4.78, 5) is 5.92. The zero-order valence-electron chi connectivity index (χ0n) is 10.6. The molecule has 3 aliphatic rings. The number of halogens is 1. The lowest BCUT2D eigenvalue weighted by atomic mass is 9.84. The maximum atomic E-state index is 5.57. The molecular weight excluding hydrogens is 322 g/mol. The van der Waals surface area contributed by atoms with Gasteiger partial charge in [0.1, 0.15) is 0 Å². The van der Waals surface area contributed by atoms with Crippen molar-refractivity contribution in [2.45, 2.75) is 18.9 Å². The van der Waals surface area contributed by atoms with E-state index in [1.165, 1.54) is 31.4 Å². The number of rotatable bonds is 1. The standard InChI is InChI=1S/C14H16BrN3S/c15-10-1-2-11-12(7-10)18(14(19)16-11)13-8-17-5-3-9(13)4-6-17/h1-2,7,9,13H,3-6,8H2,(H,16,19). The van der Waals surface area contributed by atoms with Crippen LogP contribution in [0.4, 0.5) is 0 Å². The van der Waals surface area contributed by atoms with Crippen LogP contribution in [0, 0.1) is 10.7 Å². The first-order valence-electron chi connectivity index (χ1n) is 6.84. The third-order valence-electron chi connectivity index (χ3n) is 4.63. The van der Waals surface area contributed by atoms with E-state index in [1.54, 1.807) is 0 Å². The van der Waals surface area contributed by atoms with E-state index in [0.717, 1.165) is 27.2 Å². The van der Waals surface area contributed by atoms with Gasteiger partial charge in [-0.1, -0.05) is 15.9 Å². The fourth-order valence-corrected chi connectivity index (χ4v) is 4.34. The molecule has 2 aromatic rings. The summed E-state index contributed by atoms with van der Waals surface area (Å²) in [6.45, 7) is 3.68. The number of fused-ring (bicyclic) bond motifs is 4. The van der Waals surface area contributed by atoms with Crippen LogP contribution in [-0.2, 0) is 0 Å². The summed E-state index contributed by atoms with van der Waals surface area (Å²) >= 11 is 9.14. The summed E-state index contributed by atoms with van der Waals surface area (Å²) in [6.07, 6.45) is 2.63. The fourth-order valence-electron chi connectivity index (χ4n) is 3.65. The summed E-state index contributed by atoms with van der Waals surface area (Å²) < 4.78 is 4.33. The first-order chi connectivity index (χ1) is 9.22. The molecule has 3 fully saturated rings. The SMILES string of the molecule is S=c1[nH]c2ccc(Br)cc2n1C1CN2CCC1CC2. The molecule has 1 atom stereocenters. The first-order valence-corrected chi connectivity index (χ1v) is 8.04. The topological polar surface area (TPSA) is 24.0 Å². The second-order valence-electron chi connectivity index (χ2n) is 5.67. The van der Waals surface area contributed by atoms with Gasteiger partial charge in [-0.3, -0.25) is 0 Å². The zero-order valence-corrected chi connectivity index (χ0v) is 13.0. The largest absolute Gasteiger partial charge is 0.331 e. The molecular formula is C14H16BrN3S. The van der Waals surface area contributed by atoms with Gasteiger partial charge in [-0.25, -0.2) is 0 Å². The number of hydrogen-bond donors (Lipinski definition) is 1. The molecule has 100 valence electrons. The smallest absolute Gasteiger partial charge is 0.178 e. The van der Waals surface area contributed by atoms with Gasteiger partial charge in [0.2, 0.25) is 0 Å². The minimum atomic E-state index is 0.540. The van der Waals surface area contributed by atoms with E-state index < -0.39 is 0 Å². The Bertz CT molecular complexity index is 682. The van der Waals surface area contributed by atoms with Crippen molar-refractivity contribution in [2.75, 3.05) is 19.6 Å². The van der Waals surface area contributed by atoms with Crippen molar-refractivity contribution in [1.29, 1.82) is 0 Å².